The first-order valence-electron chi connectivity index (χ1n) is 39.1. The highest BCUT2D eigenvalue weighted by Gasteiger charge is 2.49. The van der Waals surface area contributed by atoms with Crippen LogP contribution < -0.4 is 25.7 Å². The van der Waals surface area contributed by atoms with E-state index in [9.17, 15) is 28.8 Å². The summed E-state index contributed by atoms with van der Waals surface area (Å²) in [4.78, 5) is 2.16. The molecule has 7 heteroatoms. The van der Waals surface area contributed by atoms with Gasteiger partial charge in [0.1, 0.15) is 11.2 Å². The van der Waals surface area contributed by atoms with Crippen LogP contribution in [0.3, 0.4) is 0 Å². The molecule has 0 aliphatic carbocycles. The first-order chi connectivity index (χ1) is 48.5. The van der Waals surface area contributed by atoms with Gasteiger partial charge in [-0.2, -0.15) is 0 Å². The van der Waals surface area contributed by atoms with E-state index in [4.69, 9.17) is 15.4 Å². The molecule has 14 rings (SSSR count). The third-order valence-corrected chi connectivity index (χ3v) is 16.4. The summed E-state index contributed by atoms with van der Waals surface area (Å²) in [5.74, 6) is 0. The summed E-state index contributed by atoms with van der Waals surface area (Å²) in [6, 6.07) is -20.7. The number of hydrogen-bond donors (Lipinski definition) is 0. The van der Waals surface area contributed by atoms with E-state index >= 15 is 0 Å². The molecule has 0 atom stereocenters. The third-order valence-electron chi connectivity index (χ3n) is 14.2. The molecule has 0 saturated carbocycles. The van der Waals surface area contributed by atoms with Crippen LogP contribution in [-0.4, -0.2) is 11.3 Å². The number of nitrogens with zero attached hydrogens (tertiary/aromatic N) is 3. The second-order valence-corrected chi connectivity index (χ2v) is 24.8. The van der Waals surface area contributed by atoms with Gasteiger partial charge in [-0.3, -0.25) is 0 Å². The minimum absolute atomic E-state index is 0.0171. The summed E-state index contributed by atoms with van der Waals surface area (Å²) < 4.78 is 291. The van der Waals surface area contributed by atoms with Crippen LogP contribution in [0.2, 0.25) is 0 Å². The van der Waals surface area contributed by atoms with E-state index in [1.54, 1.807) is 62.3 Å². The number of rotatable bonds is 5. The van der Waals surface area contributed by atoms with Crippen LogP contribution in [0, 0.1) is 0 Å². The maximum atomic E-state index is 11.4. The van der Waals surface area contributed by atoms with Gasteiger partial charge in [0.2, 0.25) is 0 Å². The number of anilines is 6. The van der Waals surface area contributed by atoms with E-state index < -0.39 is 254 Å². The van der Waals surface area contributed by atoms with Crippen molar-refractivity contribution in [3.05, 3.63) is 203 Å². The van der Waals surface area contributed by atoms with Crippen LogP contribution in [0.4, 0.5) is 34.1 Å². The highest BCUT2D eigenvalue weighted by Crippen LogP contribution is 2.53. The zero-order valence-corrected chi connectivity index (χ0v) is 44.8. The van der Waals surface area contributed by atoms with Crippen molar-refractivity contribution in [1.82, 2.24) is 4.57 Å². The monoisotopic (exact) mass is 1050 g/mol. The van der Waals surface area contributed by atoms with Gasteiger partial charge in [0, 0.05) is 63.9 Å². The first-order valence-corrected chi connectivity index (χ1v) is 26.2. The van der Waals surface area contributed by atoms with E-state index in [0.717, 1.165) is 25.7 Å². The van der Waals surface area contributed by atoms with E-state index in [1.165, 1.54) is 13.8 Å². The van der Waals surface area contributed by atoms with Gasteiger partial charge in [0.15, 0.2) is 0 Å². The molecule has 0 saturated heterocycles. The normalized spacial score (nSPS) is 19.2. The average Bonchev–Trinajstić information content (AvgIpc) is 1.58. The number of fused-ring (bicyclic) bond motifs is 13. The van der Waals surface area contributed by atoms with Gasteiger partial charge in [-0.05, 0) is 122 Å². The van der Waals surface area contributed by atoms with E-state index in [0.29, 0.717) is 11.3 Å². The van der Waals surface area contributed by atoms with Crippen LogP contribution in [0.5, 0.6) is 0 Å². The Bertz CT molecular complexity index is 6010. The van der Waals surface area contributed by atoms with Crippen LogP contribution >= 0.6 is 22.7 Å². The standard InChI is InChI=1S/C69H62BN3OS2/c1-66(2,3)41-25-31-46(32-26-41)71-54-39-48(73-53-23-17-15-21-49(53)63-60(73)50-22-16-18-24-57(50)75-63)40-55-59(54)70(64-61(71)51-37-44(67(4,5)6)29-35-56(51)74-64)65-62(52-38-45(68(7,8)9)30-36-58(52)76-65)72(55)47-33-27-43(28-34-47)69(10,11)42-19-13-12-14-20-42/h12-40H,1-11H3/i12D,13D,14D,15D,16D,17D,18D,19D,20D,21D,22D,23D,24D,25D,26D,27D,28D,29D,30D,31D,32D,33D,34D,35D,36D,37D,38D,39D,40D. The van der Waals surface area contributed by atoms with Crippen molar-refractivity contribution in [3.63, 3.8) is 0 Å². The third kappa shape index (κ3) is 7.00. The second kappa shape index (κ2) is 16.3. The minimum Gasteiger partial charge on any atom is -0.468 e. The molecule has 12 aromatic rings. The Morgan fingerprint density at radius 2 is 0.974 bits per heavy atom. The van der Waals surface area contributed by atoms with Gasteiger partial charge in [0.05, 0.1) is 72.5 Å². The molecular formula is C69H62BN3OS2. The van der Waals surface area contributed by atoms with Gasteiger partial charge in [0.25, 0.3) is 0 Å². The van der Waals surface area contributed by atoms with E-state index in [-0.39, 0.29) is 85.1 Å². The van der Waals surface area contributed by atoms with Gasteiger partial charge in [-0.25, -0.2) is 0 Å². The Labute approximate surface area is 495 Å². The second-order valence-electron chi connectivity index (χ2n) is 22.7. The molecule has 2 aliphatic heterocycles. The van der Waals surface area contributed by atoms with Crippen LogP contribution in [0.15, 0.2) is 180 Å². The Balaban J connectivity index is 1.32. The highest BCUT2D eigenvalue weighted by molar-refractivity contribution is 7.33. The minimum atomic E-state index is -2.01. The largest absolute Gasteiger partial charge is 0.468 e. The number of thiophene rings is 2. The van der Waals surface area contributed by atoms with Crippen molar-refractivity contribution in [2.24, 2.45) is 0 Å². The molecule has 374 valence electrons. The summed E-state index contributed by atoms with van der Waals surface area (Å²) in [6.07, 6.45) is 0. The molecule has 8 aromatic carbocycles. The number of benzene rings is 8. The SMILES string of the molecule is [2H]c1c([2H])c([2H])c(C(C)(C)c2c([2H])c([2H])c(N3c4c([2H])c(-n5c6c([2H])c([2H])c([2H])c([2H])c6c6sc7c([2H])c([2H])c([2H])c([2H])c7c65)c([2H])c5c4B(c4oc6c([2H])c([2H])c(C(C)(C)C)c([2H])c6c4N5c4c([2H])c([2H])c(C(C)(C)C)c([2H])c4[2H])c4sc5c([2H])c([2H])c(C(C)(C)C)c([2H])c5c43)c([2H])c2[2H])c([2H])c1[2H]. The van der Waals surface area contributed by atoms with Crippen molar-refractivity contribution < 1.29 is 44.2 Å². The molecule has 0 spiro atoms. The lowest BCUT2D eigenvalue weighted by Gasteiger charge is -2.42. The Kier molecular flexibility index (Phi) is 5.53. The van der Waals surface area contributed by atoms with Crippen molar-refractivity contribution in [2.45, 2.75) is 97.8 Å². The average molecular weight is 1050 g/mol. The molecule has 4 nitrogen and oxygen atoms in total. The lowest BCUT2D eigenvalue weighted by Crippen LogP contribution is -2.60. The highest BCUT2D eigenvalue weighted by atomic mass is 32.1. The summed E-state index contributed by atoms with van der Waals surface area (Å²) in [5, 5.41) is -1.10. The maximum Gasteiger partial charge on any atom is 0.309 e. The molecule has 0 radical (unpaired) electrons. The molecule has 0 amide bonds. The van der Waals surface area contributed by atoms with Crippen LogP contribution in [0.25, 0.3) is 57.9 Å². The van der Waals surface area contributed by atoms with Crippen molar-refractivity contribution in [2.75, 3.05) is 9.80 Å². The Morgan fingerprint density at radius 1 is 0.447 bits per heavy atom. The smallest absolute Gasteiger partial charge is 0.309 e. The quantitative estimate of drug-likeness (QED) is 0.161. The number of furan rings is 1. The number of aromatic nitrogens is 1. The summed E-state index contributed by atoms with van der Waals surface area (Å²) in [7, 11) is 0. The lowest BCUT2D eigenvalue weighted by molar-refractivity contribution is 0.590. The van der Waals surface area contributed by atoms with Gasteiger partial charge < -0.3 is 18.8 Å². The molecule has 0 N–H and O–H groups in total. The first kappa shape index (κ1) is 25.7. The predicted molar refractivity (Wildman–Crippen MR) is 330 cm³/mol. The van der Waals surface area contributed by atoms with Crippen molar-refractivity contribution in [3.8, 4) is 5.69 Å². The van der Waals surface area contributed by atoms with Crippen molar-refractivity contribution >= 4 is 132 Å². The van der Waals surface area contributed by atoms with E-state index in [2.05, 4.69) is 0 Å². The predicted octanol–water partition coefficient (Wildman–Crippen LogP) is 18.3. The fourth-order valence-electron chi connectivity index (χ4n) is 10.1. The Hall–Kier alpha value is -7.32. The zero-order chi connectivity index (χ0) is 77.6. The van der Waals surface area contributed by atoms with E-state index in [1.807, 2.05) is 0 Å². The number of hydrogen-bond acceptors (Lipinski definition) is 5. The maximum absolute atomic E-state index is 11.4. The molecular weight excluding hydrogens is 962 g/mol. The van der Waals surface area contributed by atoms with Crippen LogP contribution in [-0.2, 0) is 21.7 Å². The molecule has 4 aromatic heterocycles. The fraction of sp³-hybridized carbons (Fsp3) is 0.217. The zero-order valence-electron chi connectivity index (χ0n) is 72.1. The van der Waals surface area contributed by atoms with Gasteiger partial charge in [-0.15, -0.1) is 22.7 Å². The van der Waals surface area contributed by atoms with Crippen molar-refractivity contribution in [1.29, 1.82) is 0 Å². The Morgan fingerprint density at radius 3 is 1.63 bits per heavy atom. The molecule has 2 aliphatic rings. The molecule has 0 unspecified atom stereocenters. The van der Waals surface area contributed by atoms with Crippen LogP contribution in [0.1, 0.15) is 144 Å². The molecule has 6 heterocycles. The molecule has 76 heavy (non-hydrogen) atoms. The van der Waals surface area contributed by atoms with Gasteiger partial charge in [-0.1, -0.05) is 179 Å². The topological polar surface area (TPSA) is 24.6 Å². The molecule has 0 bridgehead atoms. The lowest BCUT2D eigenvalue weighted by atomic mass is 9.38. The van der Waals surface area contributed by atoms with Gasteiger partial charge >= 0.3 is 6.71 Å². The fourth-order valence-corrected chi connectivity index (χ4v) is 12.4. The summed E-state index contributed by atoms with van der Waals surface area (Å²) in [6.45, 7) is 16.1. The number of para-hydroxylation sites is 1. The summed E-state index contributed by atoms with van der Waals surface area (Å²) >= 11 is 1.49. The molecule has 0 fully saturated rings. The summed E-state index contributed by atoms with van der Waals surface area (Å²) in [5.41, 5.74) is -12.4.